The van der Waals surface area contributed by atoms with Crippen LogP contribution < -0.4 is 10.6 Å². The Morgan fingerprint density at radius 2 is 1.56 bits per heavy atom. The summed E-state index contributed by atoms with van der Waals surface area (Å²) in [5.41, 5.74) is 2.15. The number of carbonyl (C=O) groups is 2. The Balaban J connectivity index is 1.90. The van der Waals surface area contributed by atoms with Crippen molar-refractivity contribution in [2.45, 2.75) is 26.2 Å². The molecule has 3 aromatic carbocycles. The molecule has 0 aliphatic rings. The van der Waals surface area contributed by atoms with Crippen molar-refractivity contribution in [2.24, 2.45) is 0 Å². The van der Waals surface area contributed by atoms with Crippen molar-refractivity contribution >= 4 is 40.9 Å². The van der Waals surface area contributed by atoms with Crippen molar-refractivity contribution in [1.82, 2.24) is 5.32 Å². The number of halogens is 1. The number of rotatable bonds is 6. The average Bonchev–Trinajstić information content (AvgIpc) is 2.80. The van der Waals surface area contributed by atoms with Crippen LogP contribution in [0.1, 0.15) is 42.3 Å². The largest absolute Gasteiger partial charge is 0.319 e. The zero-order valence-electron chi connectivity index (χ0n) is 19.0. The first kappa shape index (κ1) is 24.7. The number of hydrogen-bond acceptors (Lipinski definition) is 4. The molecule has 0 atom stereocenters. The Bertz CT molecular complexity index is 1240. The summed E-state index contributed by atoms with van der Waals surface area (Å²) in [7, 11) is 0. The second-order valence-corrected chi connectivity index (χ2v) is 9.03. The molecule has 34 heavy (non-hydrogen) atoms. The lowest BCUT2D eigenvalue weighted by Crippen LogP contribution is -2.30. The van der Waals surface area contributed by atoms with Crippen LogP contribution in [-0.4, -0.2) is 16.7 Å². The number of hydrogen-bond donors (Lipinski definition) is 2. The minimum absolute atomic E-state index is 0.0429. The lowest BCUT2D eigenvalue weighted by atomic mass is 9.87. The van der Waals surface area contributed by atoms with Gasteiger partial charge in [-0.2, -0.15) is 0 Å². The van der Waals surface area contributed by atoms with E-state index in [9.17, 15) is 19.7 Å². The van der Waals surface area contributed by atoms with E-state index < -0.39 is 16.7 Å². The monoisotopic (exact) mass is 477 g/mol. The Kier molecular flexibility index (Phi) is 7.48. The Morgan fingerprint density at radius 1 is 0.941 bits per heavy atom. The molecule has 7 nitrogen and oxygen atoms in total. The second kappa shape index (κ2) is 10.3. The first-order valence-corrected chi connectivity index (χ1v) is 10.9. The number of nitro benzene ring substituents is 1. The fourth-order valence-electron chi connectivity index (χ4n) is 3.09. The Morgan fingerprint density at radius 3 is 2.12 bits per heavy atom. The van der Waals surface area contributed by atoms with Gasteiger partial charge in [-0.25, -0.2) is 0 Å². The summed E-state index contributed by atoms with van der Waals surface area (Å²) in [5, 5.41) is 16.6. The Hall–Kier alpha value is -3.97. The lowest BCUT2D eigenvalue weighted by molar-refractivity contribution is -0.384. The maximum Gasteiger partial charge on any atom is 0.272 e. The normalized spacial score (nSPS) is 11.6. The van der Waals surface area contributed by atoms with E-state index in [1.165, 1.54) is 30.3 Å². The van der Waals surface area contributed by atoms with E-state index in [1.54, 1.807) is 36.4 Å². The fourth-order valence-corrected chi connectivity index (χ4v) is 3.27. The van der Waals surface area contributed by atoms with Gasteiger partial charge in [0.2, 0.25) is 0 Å². The van der Waals surface area contributed by atoms with Gasteiger partial charge in [-0.15, -0.1) is 0 Å². The summed E-state index contributed by atoms with van der Waals surface area (Å²) in [4.78, 5) is 36.4. The number of nitro groups is 1. The van der Waals surface area contributed by atoms with Gasteiger partial charge in [-0.3, -0.25) is 19.7 Å². The number of para-hydroxylation sites is 1. The molecule has 8 heteroatoms. The number of benzene rings is 3. The first-order valence-electron chi connectivity index (χ1n) is 10.5. The van der Waals surface area contributed by atoms with Gasteiger partial charge in [0.15, 0.2) is 0 Å². The van der Waals surface area contributed by atoms with E-state index in [4.69, 9.17) is 11.6 Å². The van der Waals surface area contributed by atoms with E-state index >= 15 is 0 Å². The van der Waals surface area contributed by atoms with Gasteiger partial charge in [0.05, 0.1) is 15.6 Å². The van der Waals surface area contributed by atoms with Gasteiger partial charge in [-0.05, 0) is 59.0 Å². The van der Waals surface area contributed by atoms with Gasteiger partial charge < -0.3 is 10.6 Å². The van der Waals surface area contributed by atoms with E-state index in [1.807, 2.05) is 12.1 Å². The maximum atomic E-state index is 13.0. The summed E-state index contributed by atoms with van der Waals surface area (Å²) in [6.07, 6.45) is 1.44. The first-order chi connectivity index (χ1) is 16.0. The van der Waals surface area contributed by atoms with Crippen LogP contribution in [0.15, 0.2) is 78.5 Å². The number of anilines is 1. The van der Waals surface area contributed by atoms with Gasteiger partial charge in [0.1, 0.15) is 5.70 Å². The average molecular weight is 478 g/mol. The van der Waals surface area contributed by atoms with Crippen molar-refractivity contribution in [3.05, 3.63) is 110 Å². The van der Waals surface area contributed by atoms with Gasteiger partial charge in [0.25, 0.3) is 17.5 Å². The van der Waals surface area contributed by atoms with Gasteiger partial charge in [-0.1, -0.05) is 56.6 Å². The summed E-state index contributed by atoms with van der Waals surface area (Å²) < 4.78 is 0. The van der Waals surface area contributed by atoms with E-state index in [0.29, 0.717) is 21.8 Å². The predicted octanol–water partition coefficient (Wildman–Crippen LogP) is 5.96. The van der Waals surface area contributed by atoms with Crippen molar-refractivity contribution in [3.8, 4) is 0 Å². The highest BCUT2D eigenvalue weighted by atomic mass is 35.5. The summed E-state index contributed by atoms with van der Waals surface area (Å²) in [6.45, 7) is 6.23. The molecule has 3 aromatic rings. The molecule has 0 spiro atoms. The summed E-state index contributed by atoms with van der Waals surface area (Å²) >= 11 is 6.15. The molecule has 2 N–H and O–H groups in total. The molecule has 0 aliphatic carbocycles. The minimum Gasteiger partial charge on any atom is -0.319 e. The third-order valence-corrected chi connectivity index (χ3v) is 5.37. The van der Waals surface area contributed by atoms with E-state index in [-0.39, 0.29) is 16.8 Å². The molecule has 0 fully saturated rings. The van der Waals surface area contributed by atoms with Gasteiger partial charge >= 0.3 is 0 Å². The molecular weight excluding hydrogens is 454 g/mol. The standard InChI is InChI=1S/C26H24ClN3O4/c1-26(2,3)19-12-10-18(11-13-19)24(31)29-23(16-17-8-14-20(15-9-17)30(33)34)25(32)28-22-7-5-4-6-21(22)27/h4-16H,1-3H3,(H,28,32)(H,29,31)/b23-16-. The third kappa shape index (κ3) is 6.30. The summed E-state index contributed by atoms with van der Waals surface area (Å²) in [6, 6.07) is 19.5. The molecule has 3 rings (SSSR count). The quantitative estimate of drug-likeness (QED) is 0.260. The topological polar surface area (TPSA) is 101 Å². The van der Waals surface area contributed by atoms with Crippen LogP contribution in [0.25, 0.3) is 6.08 Å². The molecule has 0 heterocycles. The molecule has 0 unspecified atom stereocenters. The molecule has 0 bridgehead atoms. The molecular formula is C26H24ClN3O4. The maximum absolute atomic E-state index is 13.0. The zero-order chi connectivity index (χ0) is 24.9. The molecule has 2 amide bonds. The molecule has 0 saturated carbocycles. The van der Waals surface area contributed by atoms with Crippen LogP contribution >= 0.6 is 11.6 Å². The van der Waals surface area contributed by atoms with Crippen molar-refractivity contribution in [1.29, 1.82) is 0 Å². The second-order valence-electron chi connectivity index (χ2n) is 8.62. The number of non-ortho nitro benzene ring substituents is 1. The van der Waals surface area contributed by atoms with Crippen LogP contribution in [0.5, 0.6) is 0 Å². The molecule has 0 saturated heterocycles. The molecule has 0 aromatic heterocycles. The predicted molar refractivity (Wildman–Crippen MR) is 134 cm³/mol. The SMILES string of the molecule is CC(C)(C)c1ccc(C(=O)N/C(=C\c2ccc([N+](=O)[O-])cc2)C(=O)Nc2ccccc2Cl)cc1. The summed E-state index contributed by atoms with van der Waals surface area (Å²) in [5.74, 6) is -1.06. The third-order valence-electron chi connectivity index (χ3n) is 5.04. The van der Waals surface area contributed by atoms with E-state index in [0.717, 1.165) is 5.56 Å². The smallest absolute Gasteiger partial charge is 0.272 e. The molecule has 0 radical (unpaired) electrons. The highest BCUT2D eigenvalue weighted by Crippen LogP contribution is 2.23. The zero-order valence-corrected chi connectivity index (χ0v) is 19.7. The van der Waals surface area contributed by atoms with Crippen LogP contribution in [0.2, 0.25) is 5.02 Å². The number of amides is 2. The van der Waals surface area contributed by atoms with Crippen LogP contribution in [0.3, 0.4) is 0 Å². The van der Waals surface area contributed by atoms with Crippen LogP contribution in [0.4, 0.5) is 11.4 Å². The molecule has 174 valence electrons. The van der Waals surface area contributed by atoms with Crippen LogP contribution in [0, 0.1) is 10.1 Å². The van der Waals surface area contributed by atoms with Crippen molar-refractivity contribution in [3.63, 3.8) is 0 Å². The van der Waals surface area contributed by atoms with E-state index in [2.05, 4.69) is 31.4 Å². The van der Waals surface area contributed by atoms with Crippen molar-refractivity contribution in [2.75, 3.05) is 5.32 Å². The lowest BCUT2D eigenvalue weighted by Gasteiger charge is -2.19. The fraction of sp³-hybridized carbons (Fsp3) is 0.154. The Labute approximate surface area is 202 Å². The number of nitrogens with one attached hydrogen (secondary N) is 2. The number of carbonyl (C=O) groups excluding carboxylic acids is 2. The highest BCUT2D eigenvalue weighted by molar-refractivity contribution is 6.34. The van der Waals surface area contributed by atoms with Gasteiger partial charge in [0, 0.05) is 17.7 Å². The van der Waals surface area contributed by atoms with Crippen molar-refractivity contribution < 1.29 is 14.5 Å². The van der Waals surface area contributed by atoms with Crippen LogP contribution in [-0.2, 0) is 10.2 Å². The minimum atomic E-state index is -0.592. The number of nitrogens with zero attached hydrogens (tertiary/aromatic N) is 1. The highest BCUT2D eigenvalue weighted by Gasteiger charge is 2.18. The molecule has 0 aliphatic heterocycles.